The number of sulfonamides is 1. The lowest BCUT2D eigenvalue weighted by Crippen LogP contribution is -2.43. The number of piperidine rings is 1. The predicted molar refractivity (Wildman–Crippen MR) is 73.1 cm³/mol. The SMILES string of the molecule is CC(NS(=O)(=O)CC1CCCCN1)c1nccs1. The molecule has 1 aliphatic heterocycles. The standard InChI is InChI=1S/C11H19N3O2S2/c1-9(11-13-6-7-17-11)14-18(15,16)8-10-4-2-3-5-12-10/h6-7,9-10,12,14H,2-5,8H2,1H3. The van der Waals surface area contributed by atoms with Gasteiger partial charge < -0.3 is 5.32 Å². The molecule has 102 valence electrons. The van der Waals surface area contributed by atoms with Crippen LogP contribution < -0.4 is 10.0 Å². The highest BCUT2D eigenvalue weighted by atomic mass is 32.2. The lowest BCUT2D eigenvalue weighted by molar-refractivity contribution is 0.421. The quantitative estimate of drug-likeness (QED) is 0.856. The monoisotopic (exact) mass is 289 g/mol. The topological polar surface area (TPSA) is 71.1 Å². The molecular formula is C11H19N3O2S2. The molecule has 0 aromatic carbocycles. The van der Waals surface area contributed by atoms with E-state index >= 15 is 0 Å². The highest BCUT2D eigenvalue weighted by molar-refractivity contribution is 7.89. The Bertz CT molecular complexity index is 453. The number of nitrogens with one attached hydrogen (secondary N) is 2. The van der Waals surface area contributed by atoms with Crippen LogP contribution >= 0.6 is 11.3 Å². The molecule has 5 nitrogen and oxygen atoms in total. The van der Waals surface area contributed by atoms with Gasteiger partial charge in [-0.05, 0) is 26.3 Å². The second-order valence-electron chi connectivity index (χ2n) is 4.64. The van der Waals surface area contributed by atoms with Gasteiger partial charge in [0.1, 0.15) is 5.01 Å². The van der Waals surface area contributed by atoms with Crippen LogP contribution in [-0.2, 0) is 10.0 Å². The molecule has 1 aliphatic rings. The zero-order valence-corrected chi connectivity index (χ0v) is 12.1. The average molecular weight is 289 g/mol. The number of hydrogen-bond acceptors (Lipinski definition) is 5. The Morgan fingerprint density at radius 1 is 1.61 bits per heavy atom. The number of thiazole rings is 1. The largest absolute Gasteiger partial charge is 0.313 e. The molecule has 2 N–H and O–H groups in total. The Hall–Kier alpha value is -0.500. The number of nitrogens with zero attached hydrogens (tertiary/aromatic N) is 1. The van der Waals surface area contributed by atoms with Crippen molar-refractivity contribution < 1.29 is 8.42 Å². The van der Waals surface area contributed by atoms with Gasteiger partial charge in [0.15, 0.2) is 0 Å². The smallest absolute Gasteiger partial charge is 0.213 e. The molecule has 1 aromatic heterocycles. The third-order valence-corrected chi connectivity index (χ3v) is 5.52. The number of hydrogen-bond donors (Lipinski definition) is 2. The molecule has 0 aliphatic carbocycles. The molecular weight excluding hydrogens is 270 g/mol. The normalized spacial score (nSPS) is 22.8. The summed E-state index contributed by atoms with van der Waals surface area (Å²) in [7, 11) is -3.25. The zero-order valence-electron chi connectivity index (χ0n) is 10.4. The van der Waals surface area contributed by atoms with Gasteiger partial charge in [0, 0.05) is 17.6 Å². The molecule has 1 aromatic rings. The lowest BCUT2D eigenvalue weighted by atomic mass is 10.1. The summed E-state index contributed by atoms with van der Waals surface area (Å²) < 4.78 is 26.7. The lowest BCUT2D eigenvalue weighted by Gasteiger charge is -2.24. The molecule has 0 radical (unpaired) electrons. The van der Waals surface area contributed by atoms with Crippen molar-refractivity contribution in [2.24, 2.45) is 0 Å². The molecule has 2 rings (SSSR count). The van der Waals surface area contributed by atoms with E-state index in [-0.39, 0.29) is 17.8 Å². The van der Waals surface area contributed by atoms with Crippen LogP contribution in [0.2, 0.25) is 0 Å². The van der Waals surface area contributed by atoms with E-state index in [0.717, 1.165) is 30.8 Å². The third kappa shape index (κ3) is 4.01. The molecule has 0 amide bonds. The van der Waals surface area contributed by atoms with Crippen molar-refractivity contribution in [3.05, 3.63) is 16.6 Å². The Kier molecular flexibility index (Phi) is 4.71. The van der Waals surface area contributed by atoms with E-state index in [1.165, 1.54) is 11.3 Å². The van der Waals surface area contributed by atoms with Gasteiger partial charge in [-0.3, -0.25) is 0 Å². The van der Waals surface area contributed by atoms with E-state index in [4.69, 9.17) is 0 Å². The highest BCUT2D eigenvalue weighted by Crippen LogP contribution is 2.16. The zero-order chi connectivity index (χ0) is 13.0. The van der Waals surface area contributed by atoms with Crippen LogP contribution in [0.5, 0.6) is 0 Å². The van der Waals surface area contributed by atoms with E-state index < -0.39 is 10.0 Å². The number of aromatic nitrogens is 1. The average Bonchev–Trinajstić information content (AvgIpc) is 2.82. The summed E-state index contributed by atoms with van der Waals surface area (Å²) in [5.41, 5.74) is 0. The maximum Gasteiger partial charge on any atom is 0.213 e. The summed E-state index contributed by atoms with van der Waals surface area (Å²) >= 11 is 1.46. The third-order valence-electron chi connectivity index (χ3n) is 3.01. The van der Waals surface area contributed by atoms with E-state index in [0.29, 0.717) is 0 Å². The minimum absolute atomic E-state index is 0.0831. The molecule has 2 atom stereocenters. The molecule has 0 saturated carbocycles. The van der Waals surface area contributed by atoms with Gasteiger partial charge in [0.05, 0.1) is 11.8 Å². The summed E-state index contributed by atoms with van der Waals surface area (Å²) in [6, 6.07) is -0.168. The molecule has 1 saturated heterocycles. The minimum atomic E-state index is -3.25. The van der Waals surface area contributed by atoms with Crippen LogP contribution in [0.4, 0.5) is 0 Å². The van der Waals surface area contributed by atoms with Crippen molar-refractivity contribution in [2.45, 2.75) is 38.3 Å². The first-order chi connectivity index (χ1) is 8.57. The maximum absolute atomic E-state index is 12.0. The van der Waals surface area contributed by atoms with Gasteiger partial charge in [0.2, 0.25) is 10.0 Å². The Labute approximate surface area is 112 Å². The van der Waals surface area contributed by atoms with Crippen LogP contribution in [-0.4, -0.2) is 31.7 Å². The summed E-state index contributed by atoms with van der Waals surface area (Å²) in [6.45, 7) is 2.74. The van der Waals surface area contributed by atoms with Crippen molar-refractivity contribution in [1.82, 2.24) is 15.0 Å². The van der Waals surface area contributed by atoms with E-state index in [1.807, 2.05) is 12.3 Å². The van der Waals surface area contributed by atoms with Crippen LogP contribution in [0.25, 0.3) is 0 Å². The van der Waals surface area contributed by atoms with E-state index in [9.17, 15) is 8.42 Å². The number of rotatable bonds is 5. The first-order valence-corrected chi connectivity index (χ1v) is 8.73. The van der Waals surface area contributed by atoms with Crippen LogP contribution in [0, 0.1) is 0 Å². The second kappa shape index (κ2) is 6.10. The summed E-state index contributed by atoms with van der Waals surface area (Å²) in [5.74, 6) is 0.155. The summed E-state index contributed by atoms with van der Waals surface area (Å²) in [4.78, 5) is 4.12. The van der Waals surface area contributed by atoms with Gasteiger partial charge in [-0.2, -0.15) is 0 Å². The fourth-order valence-electron chi connectivity index (χ4n) is 2.15. The first-order valence-electron chi connectivity index (χ1n) is 6.19. The Morgan fingerprint density at radius 2 is 2.44 bits per heavy atom. The van der Waals surface area contributed by atoms with Crippen molar-refractivity contribution in [3.63, 3.8) is 0 Å². The highest BCUT2D eigenvalue weighted by Gasteiger charge is 2.23. The fraction of sp³-hybridized carbons (Fsp3) is 0.727. The van der Waals surface area contributed by atoms with Crippen molar-refractivity contribution in [3.8, 4) is 0 Å². The molecule has 2 heterocycles. The van der Waals surface area contributed by atoms with Crippen molar-refractivity contribution >= 4 is 21.4 Å². The predicted octanol–water partition coefficient (Wildman–Crippen LogP) is 1.27. The Morgan fingerprint density at radius 3 is 3.06 bits per heavy atom. The van der Waals surface area contributed by atoms with Gasteiger partial charge in [-0.1, -0.05) is 6.42 Å². The minimum Gasteiger partial charge on any atom is -0.313 e. The fourth-order valence-corrected chi connectivity index (χ4v) is 4.43. The van der Waals surface area contributed by atoms with E-state index in [1.54, 1.807) is 6.20 Å². The summed E-state index contributed by atoms with van der Waals surface area (Å²) in [5, 5.41) is 5.90. The van der Waals surface area contributed by atoms with Gasteiger partial charge in [0.25, 0.3) is 0 Å². The Balaban J connectivity index is 1.90. The van der Waals surface area contributed by atoms with Crippen LogP contribution in [0.15, 0.2) is 11.6 Å². The van der Waals surface area contributed by atoms with Crippen LogP contribution in [0.1, 0.15) is 37.2 Å². The molecule has 0 bridgehead atoms. The molecule has 1 fully saturated rings. The molecule has 2 unspecified atom stereocenters. The maximum atomic E-state index is 12.0. The van der Waals surface area contributed by atoms with Gasteiger partial charge in [-0.15, -0.1) is 11.3 Å². The molecule has 7 heteroatoms. The summed E-state index contributed by atoms with van der Waals surface area (Å²) in [6.07, 6.45) is 4.87. The van der Waals surface area contributed by atoms with Crippen molar-refractivity contribution in [2.75, 3.05) is 12.3 Å². The van der Waals surface area contributed by atoms with Crippen molar-refractivity contribution in [1.29, 1.82) is 0 Å². The van der Waals surface area contributed by atoms with Gasteiger partial charge in [-0.25, -0.2) is 18.1 Å². The molecule has 18 heavy (non-hydrogen) atoms. The van der Waals surface area contributed by atoms with Crippen LogP contribution in [0.3, 0.4) is 0 Å². The van der Waals surface area contributed by atoms with Gasteiger partial charge >= 0.3 is 0 Å². The molecule has 0 spiro atoms. The first kappa shape index (κ1) is 13.9. The second-order valence-corrected chi connectivity index (χ2v) is 7.36. The van der Waals surface area contributed by atoms with E-state index in [2.05, 4.69) is 15.0 Å².